The van der Waals surface area contributed by atoms with Gasteiger partial charge in [-0.2, -0.15) is 0 Å². The third-order valence-corrected chi connectivity index (χ3v) is 3.55. The minimum absolute atomic E-state index is 0.130. The summed E-state index contributed by atoms with van der Waals surface area (Å²) in [5, 5.41) is 15.0. The Morgan fingerprint density at radius 2 is 1.80 bits per heavy atom. The molecule has 0 fully saturated rings. The van der Waals surface area contributed by atoms with Crippen molar-refractivity contribution in [2.75, 3.05) is 32.2 Å². The van der Waals surface area contributed by atoms with Crippen molar-refractivity contribution in [2.24, 2.45) is 0 Å². The number of benzene rings is 2. The fourth-order valence-corrected chi connectivity index (χ4v) is 2.29. The Hall–Kier alpha value is -2.57. The highest BCUT2D eigenvalue weighted by molar-refractivity contribution is 5.89. The lowest BCUT2D eigenvalue weighted by atomic mass is 10.1. The highest BCUT2D eigenvalue weighted by Gasteiger charge is 2.12. The molecular weight excluding hydrogens is 320 g/mol. The summed E-state index contributed by atoms with van der Waals surface area (Å²) in [6.07, 6.45) is 0.567. The van der Waals surface area contributed by atoms with E-state index in [-0.39, 0.29) is 18.7 Å². The molecule has 2 rings (SSSR count). The van der Waals surface area contributed by atoms with Gasteiger partial charge in [-0.1, -0.05) is 30.3 Å². The van der Waals surface area contributed by atoms with Crippen LogP contribution in [0.2, 0.25) is 0 Å². The SMILES string of the molecule is COCCOc1ccc(NC(=O)NC(CO)Cc2ccccc2)cc1. The number of carbonyl (C=O) groups is 1. The van der Waals surface area contributed by atoms with E-state index in [4.69, 9.17) is 9.47 Å². The molecule has 2 aromatic rings. The second-order valence-electron chi connectivity index (χ2n) is 5.53. The number of aliphatic hydroxyl groups is 1. The van der Waals surface area contributed by atoms with Crippen molar-refractivity contribution in [3.63, 3.8) is 0 Å². The average Bonchev–Trinajstić information content (AvgIpc) is 2.63. The quantitative estimate of drug-likeness (QED) is 0.611. The maximum absolute atomic E-state index is 12.1. The van der Waals surface area contributed by atoms with E-state index >= 15 is 0 Å². The Balaban J connectivity index is 1.82. The summed E-state index contributed by atoms with van der Waals surface area (Å²) in [5.74, 6) is 0.709. The van der Waals surface area contributed by atoms with Crippen molar-refractivity contribution >= 4 is 11.7 Å². The molecule has 0 saturated heterocycles. The molecule has 134 valence electrons. The minimum Gasteiger partial charge on any atom is -0.491 e. The topological polar surface area (TPSA) is 79.8 Å². The molecule has 0 aliphatic heterocycles. The van der Waals surface area contributed by atoms with Gasteiger partial charge in [0.1, 0.15) is 12.4 Å². The Labute approximate surface area is 147 Å². The summed E-state index contributed by atoms with van der Waals surface area (Å²) in [6, 6.07) is 16.1. The van der Waals surface area contributed by atoms with Gasteiger partial charge in [0.2, 0.25) is 0 Å². The second-order valence-corrected chi connectivity index (χ2v) is 5.53. The molecule has 2 aromatic carbocycles. The zero-order valence-electron chi connectivity index (χ0n) is 14.3. The Morgan fingerprint density at radius 3 is 2.44 bits per heavy atom. The molecule has 0 bridgehead atoms. The smallest absolute Gasteiger partial charge is 0.319 e. The predicted molar refractivity (Wildman–Crippen MR) is 97.0 cm³/mol. The van der Waals surface area contributed by atoms with E-state index in [0.717, 1.165) is 5.56 Å². The summed E-state index contributed by atoms with van der Waals surface area (Å²) in [7, 11) is 1.62. The van der Waals surface area contributed by atoms with E-state index in [2.05, 4.69) is 10.6 Å². The molecule has 3 N–H and O–H groups in total. The monoisotopic (exact) mass is 344 g/mol. The van der Waals surface area contributed by atoms with Crippen LogP contribution in [0.25, 0.3) is 0 Å². The van der Waals surface area contributed by atoms with Crippen molar-refractivity contribution in [3.05, 3.63) is 60.2 Å². The van der Waals surface area contributed by atoms with Crippen LogP contribution in [0, 0.1) is 0 Å². The van der Waals surface area contributed by atoms with Gasteiger partial charge in [0, 0.05) is 12.8 Å². The fraction of sp³-hybridized carbons (Fsp3) is 0.316. The highest BCUT2D eigenvalue weighted by atomic mass is 16.5. The van der Waals surface area contributed by atoms with Crippen LogP contribution in [0.15, 0.2) is 54.6 Å². The minimum atomic E-state index is -0.358. The first-order valence-corrected chi connectivity index (χ1v) is 8.15. The molecule has 6 heteroatoms. The van der Waals surface area contributed by atoms with Crippen LogP contribution in [-0.2, 0) is 11.2 Å². The number of ether oxygens (including phenoxy) is 2. The number of carbonyl (C=O) groups excluding carboxylic acids is 1. The van der Waals surface area contributed by atoms with Crippen LogP contribution >= 0.6 is 0 Å². The van der Waals surface area contributed by atoms with Gasteiger partial charge in [-0.25, -0.2) is 4.79 Å². The number of aliphatic hydroxyl groups excluding tert-OH is 1. The molecule has 0 aliphatic rings. The van der Waals surface area contributed by atoms with Crippen molar-refractivity contribution in [1.82, 2.24) is 5.32 Å². The molecule has 6 nitrogen and oxygen atoms in total. The van der Waals surface area contributed by atoms with Gasteiger partial charge in [0.05, 0.1) is 19.3 Å². The maximum atomic E-state index is 12.1. The van der Waals surface area contributed by atoms with E-state index in [0.29, 0.717) is 31.1 Å². The molecule has 2 amide bonds. The molecule has 0 aromatic heterocycles. The first-order chi connectivity index (χ1) is 12.2. The summed E-state index contributed by atoms with van der Waals surface area (Å²) in [4.78, 5) is 12.1. The van der Waals surface area contributed by atoms with Crippen molar-refractivity contribution in [2.45, 2.75) is 12.5 Å². The van der Waals surface area contributed by atoms with E-state index in [1.54, 1.807) is 31.4 Å². The molecule has 1 atom stereocenters. The number of amides is 2. The van der Waals surface area contributed by atoms with E-state index in [9.17, 15) is 9.90 Å². The molecule has 25 heavy (non-hydrogen) atoms. The molecule has 0 heterocycles. The number of hydrogen-bond donors (Lipinski definition) is 3. The van der Waals surface area contributed by atoms with E-state index in [1.165, 1.54) is 0 Å². The summed E-state index contributed by atoms with van der Waals surface area (Å²) < 4.78 is 10.4. The van der Waals surface area contributed by atoms with Gasteiger partial charge in [-0.3, -0.25) is 0 Å². The Bertz CT molecular complexity index is 632. The first kappa shape index (κ1) is 18.8. The van der Waals surface area contributed by atoms with E-state index in [1.807, 2.05) is 30.3 Å². The molecule has 0 radical (unpaired) electrons. The summed E-state index contributed by atoms with van der Waals surface area (Å²) in [6.45, 7) is 0.863. The Kier molecular flexibility index (Phi) is 7.75. The van der Waals surface area contributed by atoms with Crippen LogP contribution in [0.1, 0.15) is 5.56 Å². The lowest BCUT2D eigenvalue weighted by molar-refractivity contribution is 0.146. The number of methoxy groups -OCH3 is 1. The van der Waals surface area contributed by atoms with Gasteiger partial charge < -0.3 is 25.2 Å². The number of hydrogen-bond acceptors (Lipinski definition) is 4. The predicted octanol–water partition coefficient (Wildman–Crippen LogP) is 2.44. The van der Waals surface area contributed by atoms with Crippen LogP contribution < -0.4 is 15.4 Å². The van der Waals surface area contributed by atoms with Gasteiger partial charge in [-0.05, 0) is 36.2 Å². The maximum Gasteiger partial charge on any atom is 0.319 e. The zero-order valence-corrected chi connectivity index (χ0v) is 14.3. The van der Waals surface area contributed by atoms with Crippen LogP contribution in [0.3, 0.4) is 0 Å². The second kappa shape index (κ2) is 10.3. The van der Waals surface area contributed by atoms with Crippen molar-refractivity contribution < 1.29 is 19.4 Å². The molecule has 0 aliphatic carbocycles. The van der Waals surface area contributed by atoms with Gasteiger partial charge in [-0.15, -0.1) is 0 Å². The van der Waals surface area contributed by atoms with Gasteiger partial charge >= 0.3 is 6.03 Å². The number of anilines is 1. The normalized spacial score (nSPS) is 11.6. The van der Waals surface area contributed by atoms with Crippen molar-refractivity contribution in [1.29, 1.82) is 0 Å². The summed E-state index contributed by atoms with van der Waals surface area (Å²) >= 11 is 0. The van der Waals surface area contributed by atoms with E-state index < -0.39 is 0 Å². The summed E-state index contributed by atoms with van der Waals surface area (Å²) in [5.41, 5.74) is 1.70. The lowest BCUT2D eigenvalue weighted by Crippen LogP contribution is -2.41. The number of nitrogens with one attached hydrogen (secondary N) is 2. The largest absolute Gasteiger partial charge is 0.491 e. The molecule has 0 saturated carbocycles. The average molecular weight is 344 g/mol. The fourth-order valence-electron chi connectivity index (χ4n) is 2.29. The van der Waals surface area contributed by atoms with Crippen LogP contribution in [0.5, 0.6) is 5.75 Å². The van der Waals surface area contributed by atoms with Crippen molar-refractivity contribution in [3.8, 4) is 5.75 Å². The third-order valence-electron chi connectivity index (χ3n) is 3.55. The molecule has 1 unspecified atom stereocenters. The number of rotatable bonds is 9. The lowest BCUT2D eigenvalue weighted by Gasteiger charge is -2.17. The van der Waals surface area contributed by atoms with Crippen LogP contribution in [-0.4, -0.2) is 44.1 Å². The third kappa shape index (κ3) is 6.82. The van der Waals surface area contributed by atoms with Gasteiger partial charge in [0.15, 0.2) is 0 Å². The number of urea groups is 1. The Morgan fingerprint density at radius 1 is 1.08 bits per heavy atom. The van der Waals surface area contributed by atoms with Crippen LogP contribution in [0.4, 0.5) is 10.5 Å². The standard InChI is InChI=1S/C19H24N2O4/c1-24-11-12-25-18-9-7-16(8-10-18)20-19(23)21-17(14-22)13-15-5-3-2-4-6-15/h2-10,17,22H,11-14H2,1H3,(H2,20,21,23). The zero-order chi connectivity index (χ0) is 17.9. The first-order valence-electron chi connectivity index (χ1n) is 8.15. The highest BCUT2D eigenvalue weighted by Crippen LogP contribution is 2.15. The molecular formula is C19H24N2O4. The van der Waals surface area contributed by atoms with Gasteiger partial charge in [0.25, 0.3) is 0 Å². The molecule has 0 spiro atoms.